The van der Waals surface area contributed by atoms with Crippen molar-refractivity contribution in [2.24, 2.45) is 0 Å². The first-order valence-corrected chi connectivity index (χ1v) is 9.21. The van der Waals surface area contributed by atoms with Gasteiger partial charge < -0.3 is 19.6 Å². The van der Waals surface area contributed by atoms with Crippen LogP contribution in [0.15, 0.2) is 53.6 Å². The molecule has 6 heteroatoms. The average Bonchev–Trinajstić information content (AvgIpc) is 3.17. The second-order valence-electron chi connectivity index (χ2n) is 7.23. The second-order valence-corrected chi connectivity index (χ2v) is 7.23. The van der Waals surface area contributed by atoms with Crippen molar-refractivity contribution in [3.05, 3.63) is 64.7 Å². The molecule has 0 aliphatic carbocycles. The molecule has 1 aliphatic heterocycles. The van der Waals surface area contributed by atoms with Crippen LogP contribution < -0.4 is 10.9 Å². The lowest BCUT2D eigenvalue weighted by molar-refractivity contribution is -0.119. The molecule has 1 aromatic carbocycles. The Kier molecular flexibility index (Phi) is 4.58. The molecule has 27 heavy (non-hydrogen) atoms. The number of anilines is 1. The summed E-state index contributed by atoms with van der Waals surface area (Å²) in [6.07, 6.45) is 6.02. The fourth-order valence-electron chi connectivity index (χ4n) is 3.94. The van der Waals surface area contributed by atoms with Crippen molar-refractivity contribution in [3.63, 3.8) is 0 Å². The van der Waals surface area contributed by atoms with Crippen LogP contribution in [0.3, 0.4) is 0 Å². The number of rotatable bonds is 4. The van der Waals surface area contributed by atoms with Crippen molar-refractivity contribution >= 4 is 22.5 Å². The number of aromatic amines is 1. The summed E-state index contributed by atoms with van der Waals surface area (Å²) in [5.74, 6) is -0.0417. The van der Waals surface area contributed by atoms with E-state index in [-0.39, 0.29) is 17.0 Å². The molecule has 1 amide bonds. The van der Waals surface area contributed by atoms with Gasteiger partial charge in [-0.1, -0.05) is 6.07 Å². The van der Waals surface area contributed by atoms with Gasteiger partial charge in [-0.25, -0.2) is 0 Å². The lowest BCUT2D eigenvalue weighted by Gasteiger charge is -2.38. The Balaban J connectivity index is 1.56. The fourth-order valence-corrected chi connectivity index (χ4v) is 3.94. The summed E-state index contributed by atoms with van der Waals surface area (Å²) in [6.45, 7) is 3.21. The minimum atomic E-state index is -0.256. The van der Waals surface area contributed by atoms with Gasteiger partial charge >= 0.3 is 0 Å². The van der Waals surface area contributed by atoms with Crippen LogP contribution in [-0.2, 0) is 15.1 Å². The van der Waals surface area contributed by atoms with Crippen LogP contribution in [0.4, 0.5) is 5.69 Å². The zero-order valence-electron chi connectivity index (χ0n) is 15.3. The number of ether oxygens (including phenoxy) is 1. The van der Waals surface area contributed by atoms with Crippen LogP contribution in [0.2, 0.25) is 0 Å². The number of amides is 1. The summed E-state index contributed by atoms with van der Waals surface area (Å²) in [7, 11) is 0. The third-order valence-corrected chi connectivity index (χ3v) is 5.40. The maximum absolute atomic E-state index is 12.8. The zero-order chi connectivity index (χ0) is 18.9. The van der Waals surface area contributed by atoms with E-state index in [0.717, 1.165) is 29.3 Å². The lowest BCUT2D eigenvalue weighted by Crippen LogP contribution is -2.42. The van der Waals surface area contributed by atoms with E-state index in [1.807, 2.05) is 49.6 Å². The largest absolute Gasteiger partial charge is 0.381 e. The topological polar surface area (TPSA) is 76.1 Å². The second kappa shape index (κ2) is 7.04. The summed E-state index contributed by atoms with van der Waals surface area (Å²) in [5.41, 5.74) is 1.93. The molecule has 0 saturated carbocycles. The predicted molar refractivity (Wildman–Crippen MR) is 105 cm³/mol. The highest BCUT2D eigenvalue weighted by Gasteiger charge is 2.36. The zero-order valence-corrected chi connectivity index (χ0v) is 15.3. The molecule has 2 N–H and O–H groups in total. The number of nitrogens with zero attached hydrogens (tertiary/aromatic N) is 1. The first-order valence-electron chi connectivity index (χ1n) is 9.21. The van der Waals surface area contributed by atoms with E-state index in [0.29, 0.717) is 25.3 Å². The van der Waals surface area contributed by atoms with E-state index in [4.69, 9.17) is 4.74 Å². The van der Waals surface area contributed by atoms with E-state index in [2.05, 4.69) is 14.9 Å². The fraction of sp³-hybridized carbons (Fsp3) is 0.333. The van der Waals surface area contributed by atoms with Crippen LogP contribution in [0, 0.1) is 6.92 Å². The first-order chi connectivity index (χ1) is 13.1. The number of hydrogen-bond acceptors (Lipinski definition) is 3. The Morgan fingerprint density at radius 1 is 1.22 bits per heavy atom. The van der Waals surface area contributed by atoms with Gasteiger partial charge in [-0.05, 0) is 49.6 Å². The molecular weight excluding hydrogens is 342 g/mol. The number of aromatic nitrogens is 2. The van der Waals surface area contributed by atoms with Gasteiger partial charge in [-0.3, -0.25) is 9.59 Å². The number of fused-ring (bicyclic) bond motifs is 1. The predicted octanol–water partition coefficient (Wildman–Crippen LogP) is 3.17. The normalized spacial score (nSPS) is 16.3. The van der Waals surface area contributed by atoms with Crippen LogP contribution in [-0.4, -0.2) is 28.7 Å². The van der Waals surface area contributed by atoms with Crippen molar-refractivity contribution in [2.75, 3.05) is 18.5 Å². The van der Waals surface area contributed by atoms with Crippen molar-refractivity contribution < 1.29 is 9.53 Å². The third-order valence-electron chi connectivity index (χ3n) is 5.40. The van der Waals surface area contributed by atoms with Crippen molar-refractivity contribution in [3.8, 4) is 0 Å². The number of carbonyl (C=O) groups is 1. The van der Waals surface area contributed by atoms with Crippen molar-refractivity contribution in [1.82, 2.24) is 9.55 Å². The van der Waals surface area contributed by atoms with Gasteiger partial charge in [-0.2, -0.15) is 0 Å². The summed E-state index contributed by atoms with van der Waals surface area (Å²) in [6, 6.07) is 11.2. The maximum atomic E-state index is 12.8. The summed E-state index contributed by atoms with van der Waals surface area (Å²) in [4.78, 5) is 27.4. The molecule has 6 nitrogen and oxygen atoms in total. The van der Waals surface area contributed by atoms with Gasteiger partial charge in [0.1, 0.15) is 0 Å². The molecule has 3 aromatic rings. The molecule has 0 unspecified atom stereocenters. The molecule has 1 fully saturated rings. The quantitative estimate of drug-likeness (QED) is 0.746. The Bertz CT molecular complexity index is 1010. The average molecular weight is 365 g/mol. The highest BCUT2D eigenvalue weighted by Crippen LogP contribution is 2.33. The SMILES string of the molecule is Cc1cc(=O)[nH]c2cc(NC(=O)CC3(n4cccc4)CCOCC3)ccc12. The number of hydrogen-bond donors (Lipinski definition) is 2. The minimum absolute atomic E-state index is 0.0417. The molecule has 1 aliphatic rings. The van der Waals surface area contributed by atoms with Gasteiger partial charge in [0.15, 0.2) is 0 Å². The van der Waals surface area contributed by atoms with Gasteiger partial charge in [0.05, 0.1) is 17.5 Å². The monoisotopic (exact) mass is 365 g/mol. The molecular formula is C21H23N3O3. The van der Waals surface area contributed by atoms with Gasteiger partial charge in [0, 0.05) is 42.7 Å². The van der Waals surface area contributed by atoms with E-state index >= 15 is 0 Å². The number of carbonyl (C=O) groups excluding carboxylic acids is 1. The van der Waals surface area contributed by atoms with Gasteiger partial charge in [-0.15, -0.1) is 0 Å². The summed E-state index contributed by atoms with van der Waals surface area (Å²) in [5, 5.41) is 3.96. The van der Waals surface area contributed by atoms with E-state index in [1.165, 1.54) is 0 Å². The number of nitrogens with one attached hydrogen (secondary N) is 2. The molecule has 0 spiro atoms. The molecule has 0 atom stereocenters. The lowest BCUT2D eigenvalue weighted by atomic mass is 9.86. The highest BCUT2D eigenvalue weighted by atomic mass is 16.5. The van der Waals surface area contributed by atoms with Crippen molar-refractivity contribution in [1.29, 1.82) is 0 Å². The van der Waals surface area contributed by atoms with Crippen LogP contribution in [0.1, 0.15) is 24.8 Å². The Morgan fingerprint density at radius 3 is 2.70 bits per heavy atom. The van der Waals surface area contributed by atoms with E-state index in [9.17, 15) is 9.59 Å². The Morgan fingerprint density at radius 2 is 1.96 bits per heavy atom. The first kappa shape index (κ1) is 17.5. The molecule has 0 radical (unpaired) electrons. The minimum Gasteiger partial charge on any atom is -0.381 e. The number of aryl methyl sites for hydroxylation is 1. The smallest absolute Gasteiger partial charge is 0.248 e. The Labute approximate surface area is 157 Å². The summed E-state index contributed by atoms with van der Waals surface area (Å²) >= 11 is 0. The highest BCUT2D eigenvalue weighted by molar-refractivity contribution is 5.94. The third kappa shape index (κ3) is 3.53. The van der Waals surface area contributed by atoms with Gasteiger partial charge in [0.2, 0.25) is 11.5 Å². The van der Waals surface area contributed by atoms with Crippen molar-refractivity contribution in [2.45, 2.75) is 31.7 Å². The molecule has 3 heterocycles. The van der Waals surface area contributed by atoms with Crippen LogP contribution in [0.5, 0.6) is 0 Å². The molecule has 140 valence electrons. The van der Waals surface area contributed by atoms with Gasteiger partial charge in [0.25, 0.3) is 0 Å². The number of H-pyrrole nitrogens is 1. The standard InChI is InChI=1S/C21H23N3O3/c1-15-12-19(25)23-18-13-16(4-5-17(15)18)22-20(26)14-21(6-10-27-11-7-21)24-8-2-3-9-24/h2-5,8-9,12-13H,6-7,10-11,14H2,1H3,(H,22,26)(H,23,25). The summed E-state index contributed by atoms with van der Waals surface area (Å²) < 4.78 is 7.65. The number of pyridine rings is 1. The molecule has 2 aromatic heterocycles. The molecule has 0 bridgehead atoms. The number of benzene rings is 1. The molecule has 4 rings (SSSR count). The van der Waals surface area contributed by atoms with E-state index < -0.39 is 0 Å². The van der Waals surface area contributed by atoms with Crippen LogP contribution in [0.25, 0.3) is 10.9 Å². The van der Waals surface area contributed by atoms with E-state index in [1.54, 1.807) is 6.07 Å². The molecule has 1 saturated heterocycles. The Hall–Kier alpha value is -2.86. The maximum Gasteiger partial charge on any atom is 0.248 e. The van der Waals surface area contributed by atoms with Crippen LogP contribution >= 0.6 is 0 Å².